The topological polar surface area (TPSA) is 45.0 Å². The van der Waals surface area contributed by atoms with Crippen LogP contribution in [0.1, 0.15) is 5.56 Å². The third-order valence-electron chi connectivity index (χ3n) is 4.20. The molecule has 1 aromatic heterocycles. The molecule has 0 spiro atoms. The van der Waals surface area contributed by atoms with Crippen LogP contribution in [-0.2, 0) is 0 Å². The Morgan fingerprint density at radius 1 is 0.818 bits per heavy atom. The van der Waals surface area contributed by atoms with E-state index in [2.05, 4.69) is 42.2 Å². The van der Waals surface area contributed by atoms with E-state index in [0.29, 0.717) is 0 Å². The van der Waals surface area contributed by atoms with Gasteiger partial charge in [0.05, 0.1) is 11.4 Å². The molecule has 0 aliphatic rings. The molecule has 3 nitrogen and oxygen atoms in total. The Morgan fingerprint density at radius 2 is 1.55 bits per heavy atom. The van der Waals surface area contributed by atoms with Crippen molar-refractivity contribution in [2.75, 3.05) is 5.01 Å². The fourth-order valence-corrected chi connectivity index (χ4v) is 3.10. The maximum absolute atomic E-state index is 6.34. The van der Waals surface area contributed by atoms with Crippen molar-refractivity contribution in [3.63, 3.8) is 0 Å². The normalized spacial score (nSPS) is 11.2. The predicted molar refractivity (Wildman–Crippen MR) is 93.3 cm³/mol. The van der Waals surface area contributed by atoms with Crippen LogP contribution in [-0.4, -0.2) is 4.98 Å². The first kappa shape index (κ1) is 12.9. The predicted octanol–water partition coefficient (Wildman–Crippen LogP) is 4.64. The lowest BCUT2D eigenvalue weighted by atomic mass is 10.1. The zero-order valence-electron chi connectivity index (χ0n) is 12.4. The summed E-state index contributed by atoms with van der Waals surface area (Å²) in [5.41, 5.74) is 5.47. The van der Waals surface area contributed by atoms with Crippen LogP contribution < -0.4 is 10.9 Å². The zero-order chi connectivity index (χ0) is 15.1. The number of fused-ring (bicyclic) bond motifs is 3. The zero-order valence-corrected chi connectivity index (χ0v) is 12.4. The summed E-state index contributed by atoms with van der Waals surface area (Å²) < 4.78 is 0. The van der Waals surface area contributed by atoms with Crippen LogP contribution in [0, 0.1) is 6.92 Å². The van der Waals surface area contributed by atoms with Gasteiger partial charge in [0, 0.05) is 21.8 Å². The van der Waals surface area contributed by atoms with E-state index in [1.165, 1.54) is 16.3 Å². The number of H-pyrrole nitrogens is 1. The highest BCUT2D eigenvalue weighted by Crippen LogP contribution is 2.34. The van der Waals surface area contributed by atoms with E-state index < -0.39 is 0 Å². The lowest BCUT2D eigenvalue weighted by Gasteiger charge is -2.21. The van der Waals surface area contributed by atoms with Crippen molar-refractivity contribution < 1.29 is 0 Å². The Kier molecular flexibility index (Phi) is 2.88. The van der Waals surface area contributed by atoms with E-state index in [4.69, 9.17) is 5.84 Å². The summed E-state index contributed by atoms with van der Waals surface area (Å²) in [4.78, 5) is 3.47. The van der Waals surface area contributed by atoms with Gasteiger partial charge < -0.3 is 4.98 Å². The van der Waals surface area contributed by atoms with Gasteiger partial charge >= 0.3 is 0 Å². The number of nitrogens with zero attached hydrogens (tertiary/aromatic N) is 1. The highest BCUT2D eigenvalue weighted by Gasteiger charge is 2.13. The molecule has 0 aliphatic heterocycles. The second-order valence-electron chi connectivity index (χ2n) is 5.51. The third kappa shape index (κ3) is 1.87. The summed E-state index contributed by atoms with van der Waals surface area (Å²) in [6.07, 6.45) is 0. The lowest BCUT2D eigenvalue weighted by molar-refractivity contribution is 1.08. The summed E-state index contributed by atoms with van der Waals surface area (Å²) in [6.45, 7) is 2.13. The van der Waals surface area contributed by atoms with Crippen LogP contribution in [0.5, 0.6) is 0 Å². The van der Waals surface area contributed by atoms with Gasteiger partial charge in [-0.2, -0.15) is 0 Å². The van der Waals surface area contributed by atoms with Crippen molar-refractivity contribution in [1.29, 1.82) is 0 Å². The second kappa shape index (κ2) is 4.90. The Bertz CT molecular complexity index is 954. The highest BCUT2D eigenvalue weighted by molar-refractivity contribution is 6.10. The first-order valence-electron chi connectivity index (χ1n) is 7.35. The van der Waals surface area contributed by atoms with E-state index in [9.17, 15) is 0 Å². The maximum atomic E-state index is 6.34. The fraction of sp³-hybridized carbons (Fsp3) is 0.0526. The standard InChI is InChI=1S/C19H17N3/c1-13-18(22(20)14-7-3-2-4-8-14)12-11-17-19(13)15-9-5-6-10-16(15)21-17/h2-12,21H,20H2,1H3. The summed E-state index contributed by atoms with van der Waals surface area (Å²) in [6, 6.07) is 22.5. The van der Waals surface area contributed by atoms with E-state index in [1.54, 1.807) is 5.01 Å². The number of nitrogens with two attached hydrogens (primary N) is 1. The SMILES string of the molecule is Cc1c(N(N)c2ccccc2)ccc2[nH]c3ccccc3c12. The van der Waals surface area contributed by atoms with Gasteiger partial charge in [-0.3, -0.25) is 5.01 Å². The molecule has 0 radical (unpaired) electrons. The number of aromatic amines is 1. The molecule has 22 heavy (non-hydrogen) atoms. The first-order chi connectivity index (χ1) is 10.8. The number of hydrazine groups is 1. The van der Waals surface area contributed by atoms with Gasteiger partial charge in [0.25, 0.3) is 0 Å². The third-order valence-corrected chi connectivity index (χ3v) is 4.20. The number of rotatable bonds is 2. The van der Waals surface area contributed by atoms with Gasteiger partial charge in [0.2, 0.25) is 0 Å². The molecule has 0 aliphatic carbocycles. The van der Waals surface area contributed by atoms with Crippen molar-refractivity contribution in [2.24, 2.45) is 5.84 Å². The van der Waals surface area contributed by atoms with Crippen LogP contribution in [0.15, 0.2) is 66.7 Å². The average Bonchev–Trinajstić information content (AvgIpc) is 2.95. The van der Waals surface area contributed by atoms with Gasteiger partial charge in [-0.1, -0.05) is 36.4 Å². The molecule has 0 atom stereocenters. The molecule has 0 amide bonds. The fourth-order valence-electron chi connectivity index (χ4n) is 3.10. The Labute approximate surface area is 128 Å². The number of nitrogens with one attached hydrogen (secondary N) is 1. The lowest BCUT2D eigenvalue weighted by Crippen LogP contribution is -2.25. The number of hydrogen-bond acceptors (Lipinski definition) is 2. The maximum Gasteiger partial charge on any atom is 0.0612 e. The molecular weight excluding hydrogens is 270 g/mol. The molecule has 0 bridgehead atoms. The van der Waals surface area contributed by atoms with E-state index in [0.717, 1.165) is 22.4 Å². The summed E-state index contributed by atoms with van der Waals surface area (Å²) >= 11 is 0. The van der Waals surface area contributed by atoms with Crippen LogP contribution in [0.3, 0.4) is 0 Å². The van der Waals surface area contributed by atoms with Crippen molar-refractivity contribution >= 4 is 33.2 Å². The summed E-state index contributed by atoms with van der Waals surface area (Å²) in [5.74, 6) is 6.34. The van der Waals surface area contributed by atoms with Crippen LogP contribution in [0.4, 0.5) is 11.4 Å². The van der Waals surface area contributed by atoms with Gasteiger partial charge in [-0.15, -0.1) is 0 Å². The molecule has 0 saturated carbocycles. The monoisotopic (exact) mass is 287 g/mol. The molecular formula is C19H17N3. The minimum Gasteiger partial charge on any atom is -0.355 e. The van der Waals surface area contributed by atoms with Crippen molar-refractivity contribution in [1.82, 2.24) is 4.98 Å². The molecule has 3 aromatic carbocycles. The van der Waals surface area contributed by atoms with Gasteiger partial charge in [-0.05, 0) is 42.8 Å². The highest BCUT2D eigenvalue weighted by atomic mass is 15.4. The molecule has 108 valence electrons. The van der Waals surface area contributed by atoms with Crippen molar-refractivity contribution in [2.45, 2.75) is 6.92 Å². The Hall–Kier alpha value is -2.78. The minimum atomic E-state index is 0.977. The number of hydrogen-bond donors (Lipinski definition) is 2. The van der Waals surface area contributed by atoms with E-state index >= 15 is 0 Å². The molecule has 0 unspecified atom stereocenters. The minimum absolute atomic E-state index is 0.977. The molecule has 1 heterocycles. The van der Waals surface area contributed by atoms with Gasteiger partial charge in [-0.25, -0.2) is 5.84 Å². The van der Waals surface area contributed by atoms with Crippen LogP contribution in [0.2, 0.25) is 0 Å². The number of para-hydroxylation sites is 2. The smallest absolute Gasteiger partial charge is 0.0612 e. The molecule has 0 fully saturated rings. The Morgan fingerprint density at radius 3 is 2.36 bits per heavy atom. The molecule has 4 aromatic rings. The molecule has 4 rings (SSSR count). The number of aryl methyl sites for hydroxylation is 1. The van der Waals surface area contributed by atoms with E-state index in [-0.39, 0.29) is 0 Å². The van der Waals surface area contributed by atoms with Crippen LogP contribution in [0.25, 0.3) is 21.8 Å². The summed E-state index contributed by atoms with van der Waals surface area (Å²) in [5, 5.41) is 4.22. The number of anilines is 2. The summed E-state index contributed by atoms with van der Waals surface area (Å²) in [7, 11) is 0. The van der Waals surface area contributed by atoms with Crippen molar-refractivity contribution in [3.05, 3.63) is 72.3 Å². The molecule has 3 heteroatoms. The number of benzene rings is 3. The van der Waals surface area contributed by atoms with E-state index in [1.807, 2.05) is 36.4 Å². The second-order valence-corrected chi connectivity index (χ2v) is 5.51. The first-order valence-corrected chi connectivity index (χ1v) is 7.35. The largest absolute Gasteiger partial charge is 0.355 e. The molecule has 0 saturated heterocycles. The van der Waals surface area contributed by atoms with Gasteiger partial charge in [0.1, 0.15) is 0 Å². The molecule has 3 N–H and O–H groups in total. The van der Waals surface area contributed by atoms with Crippen LogP contribution >= 0.6 is 0 Å². The quantitative estimate of drug-likeness (QED) is 0.416. The Balaban J connectivity index is 1.96. The van der Waals surface area contributed by atoms with Crippen molar-refractivity contribution in [3.8, 4) is 0 Å². The average molecular weight is 287 g/mol. The number of aromatic nitrogens is 1. The van der Waals surface area contributed by atoms with Gasteiger partial charge in [0.15, 0.2) is 0 Å².